The maximum atomic E-state index is 11.6. The van der Waals surface area contributed by atoms with E-state index in [-0.39, 0.29) is 36.0 Å². The van der Waals surface area contributed by atoms with Gasteiger partial charge >= 0.3 is 11.9 Å². The molecular formula is C19H30O5. The Kier molecular flexibility index (Phi) is 8.19. The van der Waals surface area contributed by atoms with Crippen LogP contribution in [0.1, 0.15) is 40.5 Å². The number of carbonyl (C=O) groups excluding carboxylic acids is 2. The lowest BCUT2D eigenvalue weighted by Crippen LogP contribution is -2.33. The number of hydrogen-bond donors (Lipinski definition) is 0. The molecule has 1 aliphatic heterocycles. The van der Waals surface area contributed by atoms with Crippen molar-refractivity contribution in [3.05, 3.63) is 23.8 Å². The van der Waals surface area contributed by atoms with Crippen molar-refractivity contribution >= 4 is 11.9 Å². The number of cyclic esters (lactones) is 1. The highest BCUT2D eigenvalue weighted by Crippen LogP contribution is 2.28. The van der Waals surface area contributed by atoms with Crippen molar-refractivity contribution < 1.29 is 23.8 Å². The topological polar surface area (TPSA) is 61.8 Å². The fourth-order valence-corrected chi connectivity index (χ4v) is 3.28. The summed E-state index contributed by atoms with van der Waals surface area (Å²) in [6, 6.07) is 0. The number of carbonyl (C=O) groups is 2. The van der Waals surface area contributed by atoms with E-state index >= 15 is 0 Å². The normalized spacial score (nSPS) is 25.9. The van der Waals surface area contributed by atoms with Crippen molar-refractivity contribution in [3.8, 4) is 0 Å². The predicted octanol–water partition coefficient (Wildman–Crippen LogP) is 3.29. The molecule has 0 bridgehead atoms. The van der Waals surface area contributed by atoms with Crippen molar-refractivity contribution in [1.82, 2.24) is 0 Å². The second-order valence-corrected chi connectivity index (χ2v) is 6.64. The molecule has 0 N–H and O–H groups in total. The van der Waals surface area contributed by atoms with Gasteiger partial charge in [0.2, 0.25) is 0 Å². The summed E-state index contributed by atoms with van der Waals surface area (Å²) < 4.78 is 15.7. The van der Waals surface area contributed by atoms with Gasteiger partial charge in [-0.15, -0.1) is 0 Å². The molecule has 1 heterocycles. The number of hydrogen-bond acceptors (Lipinski definition) is 5. The highest BCUT2D eigenvalue weighted by atomic mass is 16.5. The second-order valence-electron chi connectivity index (χ2n) is 6.64. The molecule has 0 aliphatic carbocycles. The summed E-state index contributed by atoms with van der Waals surface area (Å²) in [5.74, 6) is -0.0291. The predicted molar refractivity (Wildman–Crippen MR) is 92.3 cm³/mol. The summed E-state index contributed by atoms with van der Waals surface area (Å²) in [5, 5.41) is 0. The number of esters is 2. The fourth-order valence-electron chi connectivity index (χ4n) is 3.28. The zero-order chi connectivity index (χ0) is 18.3. The Balaban J connectivity index is 2.80. The lowest BCUT2D eigenvalue weighted by molar-refractivity contribution is -0.154. The minimum Gasteiger partial charge on any atom is -0.466 e. The van der Waals surface area contributed by atoms with Gasteiger partial charge in [-0.25, -0.2) is 4.79 Å². The van der Waals surface area contributed by atoms with Crippen LogP contribution in [0.15, 0.2) is 23.8 Å². The van der Waals surface area contributed by atoms with Crippen LogP contribution >= 0.6 is 0 Å². The van der Waals surface area contributed by atoms with E-state index in [0.717, 1.165) is 12.0 Å². The largest absolute Gasteiger partial charge is 0.466 e. The standard InChI is InChI=1S/C19H30O5/c1-12(7-9-16(20)22-5)18(23-6)14(3)11-15(4)19-13(2)8-10-17(21)24-19/h7,9,11-14,18-19H,8,10H2,1-6H3/b9-7+,15-11+/t12-,13+,14-,18-,19-/m0/s1. The van der Waals surface area contributed by atoms with Crippen LogP contribution < -0.4 is 0 Å². The Bertz CT molecular complexity index is 494. The van der Waals surface area contributed by atoms with Gasteiger partial charge in [0.1, 0.15) is 6.10 Å². The van der Waals surface area contributed by atoms with E-state index in [9.17, 15) is 9.59 Å². The van der Waals surface area contributed by atoms with Crippen LogP contribution in [0.3, 0.4) is 0 Å². The van der Waals surface area contributed by atoms with Gasteiger partial charge in [0, 0.05) is 31.4 Å². The molecule has 0 amide bonds. The molecule has 0 aromatic rings. The molecule has 0 spiro atoms. The van der Waals surface area contributed by atoms with Gasteiger partial charge in [-0.1, -0.05) is 32.9 Å². The third kappa shape index (κ3) is 5.78. The first-order valence-electron chi connectivity index (χ1n) is 8.46. The summed E-state index contributed by atoms with van der Waals surface area (Å²) in [6.45, 7) is 8.17. The number of methoxy groups -OCH3 is 2. The van der Waals surface area contributed by atoms with E-state index in [1.54, 1.807) is 13.2 Å². The van der Waals surface area contributed by atoms with Crippen LogP contribution in [-0.4, -0.2) is 38.4 Å². The van der Waals surface area contributed by atoms with E-state index < -0.39 is 0 Å². The van der Waals surface area contributed by atoms with Gasteiger partial charge in [-0.3, -0.25) is 4.79 Å². The molecule has 0 aromatic carbocycles. The number of ether oxygens (including phenoxy) is 3. The van der Waals surface area contributed by atoms with Crippen molar-refractivity contribution in [2.24, 2.45) is 17.8 Å². The molecule has 136 valence electrons. The van der Waals surface area contributed by atoms with E-state index in [4.69, 9.17) is 9.47 Å². The van der Waals surface area contributed by atoms with E-state index in [0.29, 0.717) is 12.3 Å². The van der Waals surface area contributed by atoms with Gasteiger partial charge in [0.05, 0.1) is 13.2 Å². The number of rotatable bonds is 7. The highest BCUT2D eigenvalue weighted by Gasteiger charge is 2.30. The van der Waals surface area contributed by atoms with Gasteiger partial charge in [-0.05, 0) is 24.8 Å². The second kappa shape index (κ2) is 9.62. The Hall–Kier alpha value is -1.62. The van der Waals surface area contributed by atoms with Crippen molar-refractivity contribution in [1.29, 1.82) is 0 Å². The summed E-state index contributed by atoms with van der Waals surface area (Å²) in [7, 11) is 3.02. The van der Waals surface area contributed by atoms with Crippen molar-refractivity contribution in [2.75, 3.05) is 14.2 Å². The maximum Gasteiger partial charge on any atom is 0.330 e. The van der Waals surface area contributed by atoms with Crippen LogP contribution in [0.5, 0.6) is 0 Å². The highest BCUT2D eigenvalue weighted by molar-refractivity contribution is 5.81. The quantitative estimate of drug-likeness (QED) is 0.405. The lowest BCUT2D eigenvalue weighted by atomic mass is 9.87. The van der Waals surface area contributed by atoms with Crippen LogP contribution in [0.25, 0.3) is 0 Å². The molecule has 0 saturated carbocycles. The van der Waals surface area contributed by atoms with Crippen LogP contribution in [0, 0.1) is 17.8 Å². The van der Waals surface area contributed by atoms with Gasteiger partial charge in [0.15, 0.2) is 0 Å². The fraction of sp³-hybridized carbons (Fsp3) is 0.684. The molecule has 5 heteroatoms. The smallest absolute Gasteiger partial charge is 0.330 e. The first-order chi connectivity index (χ1) is 11.3. The SMILES string of the molecule is COC(=O)/C=C/[C@H](C)[C@H](OC)[C@@H](C)/C=C(\C)[C@H]1OC(=O)CC[C@H]1C. The van der Waals surface area contributed by atoms with Crippen molar-refractivity contribution in [2.45, 2.75) is 52.7 Å². The Morgan fingerprint density at radius 3 is 2.54 bits per heavy atom. The zero-order valence-corrected chi connectivity index (χ0v) is 15.6. The molecule has 0 unspecified atom stereocenters. The van der Waals surface area contributed by atoms with Gasteiger partial charge < -0.3 is 14.2 Å². The van der Waals surface area contributed by atoms with E-state index in [1.165, 1.54) is 13.2 Å². The Morgan fingerprint density at radius 2 is 1.96 bits per heavy atom. The zero-order valence-electron chi connectivity index (χ0n) is 15.6. The Morgan fingerprint density at radius 1 is 1.29 bits per heavy atom. The average molecular weight is 338 g/mol. The van der Waals surface area contributed by atoms with Crippen LogP contribution in [-0.2, 0) is 23.8 Å². The molecule has 1 fully saturated rings. The average Bonchev–Trinajstić information content (AvgIpc) is 2.55. The summed E-state index contributed by atoms with van der Waals surface area (Å²) >= 11 is 0. The first kappa shape index (κ1) is 20.4. The van der Waals surface area contributed by atoms with Gasteiger partial charge in [0.25, 0.3) is 0 Å². The molecular weight excluding hydrogens is 308 g/mol. The maximum absolute atomic E-state index is 11.6. The molecule has 5 nitrogen and oxygen atoms in total. The minimum absolute atomic E-state index is 0.0412. The van der Waals surface area contributed by atoms with Gasteiger partial charge in [-0.2, -0.15) is 0 Å². The molecule has 0 aromatic heterocycles. The minimum atomic E-state index is -0.376. The van der Waals surface area contributed by atoms with Crippen LogP contribution in [0.4, 0.5) is 0 Å². The molecule has 24 heavy (non-hydrogen) atoms. The van der Waals surface area contributed by atoms with E-state index in [2.05, 4.69) is 24.7 Å². The summed E-state index contributed by atoms with van der Waals surface area (Å²) in [6.07, 6.45) is 6.43. The molecule has 1 saturated heterocycles. The lowest BCUT2D eigenvalue weighted by Gasteiger charge is -2.31. The third-order valence-electron chi connectivity index (χ3n) is 4.60. The molecule has 0 radical (unpaired) electrons. The first-order valence-corrected chi connectivity index (χ1v) is 8.46. The summed E-state index contributed by atoms with van der Waals surface area (Å²) in [4.78, 5) is 22.8. The molecule has 1 aliphatic rings. The monoisotopic (exact) mass is 338 g/mol. The molecule has 1 rings (SSSR count). The third-order valence-corrected chi connectivity index (χ3v) is 4.60. The molecule has 5 atom stereocenters. The summed E-state index contributed by atoms with van der Waals surface area (Å²) in [5.41, 5.74) is 1.05. The Labute approximate surface area is 145 Å². The van der Waals surface area contributed by atoms with Crippen LogP contribution in [0.2, 0.25) is 0 Å². The van der Waals surface area contributed by atoms with E-state index in [1.807, 2.05) is 13.8 Å². The van der Waals surface area contributed by atoms with Crippen molar-refractivity contribution in [3.63, 3.8) is 0 Å².